The maximum Gasteiger partial charge on any atom is 0.0409 e. The second-order valence-corrected chi connectivity index (χ2v) is 3.87. The third-order valence-electron chi connectivity index (χ3n) is 2.08. The topological polar surface area (TPSA) is 0 Å². The standard InChI is InChI=1S/C11H13Cl/c1-4-11(2,3)9-6-5-7-10(12)8-9/h4-8H,1H2,2-3H3. The molecule has 1 heteroatoms. The minimum absolute atomic E-state index is 0.00486. The first-order chi connectivity index (χ1) is 5.56. The summed E-state index contributed by atoms with van der Waals surface area (Å²) in [6.07, 6.45) is 1.93. The summed E-state index contributed by atoms with van der Waals surface area (Å²) in [6, 6.07) is 7.88. The predicted molar refractivity (Wildman–Crippen MR) is 54.7 cm³/mol. The molecule has 64 valence electrons. The van der Waals surface area contributed by atoms with Gasteiger partial charge in [-0.2, -0.15) is 0 Å². The molecular formula is C11H13Cl. The highest BCUT2D eigenvalue weighted by molar-refractivity contribution is 6.30. The predicted octanol–water partition coefficient (Wildman–Crippen LogP) is 3.80. The van der Waals surface area contributed by atoms with Gasteiger partial charge in [-0.25, -0.2) is 0 Å². The Hall–Kier alpha value is -0.750. The maximum atomic E-state index is 5.87. The summed E-state index contributed by atoms with van der Waals surface area (Å²) in [5.41, 5.74) is 1.20. The van der Waals surface area contributed by atoms with Crippen molar-refractivity contribution in [1.29, 1.82) is 0 Å². The average molecular weight is 181 g/mol. The van der Waals surface area contributed by atoms with Crippen molar-refractivity contribution >= 4 is 11.6 Å². The molecule has 0 nitrogen and oxygen atoms in total. The lowest BCUT2D eigenvalue weighted by atomic mass is 9.85. The van der Waals surface area contributed by atoms with Gasteiger partial charge in [-0.3, -0.25) is 0 Å². The van der Waals surface area contributed by atoms with Crippen molar-refractivity contribution in [3.8, 4) is 0 Å². The van der Waals surface area contributed by atoms with Crippen LogP contribution in [0.4, 0.5) is 0 Å². The Bertz CT molecular complexity index is 287. The summed E-state index contributed by atoms with van der Waals surface area (Å²) in [5.74, 6) is 0. The van der Waals surface area contributed by atoms with E-state index < -0.39 is 0 Å². The lowest BCUT2D eigenvalue weighted by Gasteiger charge is -2.20. The van der Waals surface area contributed by atoms with Crippen molar-refractivity contribution in [1.82, 2.24) is 0 Å². The average Bonchev–Trinajstić information content (AvgIpc) is 2.05. The molecule has 0 bridgehead atoms. The van der Waals surface area contributed by atoms with Crippen LogP contribution in [0.5, 0.6) is 0 Å². The van der Waals surface area contributed by atoms with Gasteiger partial charge in [-0.05, 0) is 17.7 Å². The van der Waals surface area contributed by atoms with Crippen LogP contribution in [0.15, 0.2) is 36.9 Å². The van der Waals surface area contributed by atoms with Crippen molar-refractivity contribution in [3.63, 3.8) is 0 Å². The molecule has 0 amide bonds. The van der Waals surface area contributed by atoms with E-state index in [4.69, 9.17) is 11.6 Å². The van der Waals surface area contributed by atoms with Crippen LogP contribution in [-0.2, 0) is 5.41 Å². The molecule has 0 fully saturated rings. The molecule has 1 aromatic rings. The Morgan fingerprint density at radius 3 is 2.58 bits per heavy atom. The maximum absolute atomic E-state index is 5.87. The molecule has 0 aromatic heterocycles. The van der Waals surface area contributed by atoms with Gasteiger partial charge in [0, 0.05) is 10.4 Å². The van der Waals surface area contributed by atoms with Gasteiger partial charge in [-0.1, -0.05) is 43.7 Å². The highest BCUT2D eigenvalue weighted by Gasteiger charge is 2.15. The lowest BCUT2D eigenvalue weighted by molar-refractivity contribution is 0.672. The molecule has 0 aliphatic heterocycles. The number of hydrogen-bond acceptors (Lipinski definition) is 0. The molecule has 0 spiro atoms. The zero-order chi connectivity index (χ0) is 9.19. The summed E-state index contributed by atoms with van der Waals surface area (Å²) >= 11 is 5.87. The lowest BCUT2D eigenvalue weighted by Crippen LogP contribution is -2.12. The minimum atomic E-state index is 0.00486. The van der Waals surface area contributed by atoms with E-state index in [1.807, 2.05) is 24.3 Å². The quantitative estimate of drug-likeness (QED) is 0.608. The van der Waals surface area contributed by atoms with Crippen molar-refractivity contribution in [3.05, 3.63) is 47.5 Å². The molecule has 1 aromatic carbocycles. The molecule has 0 heterocycles. The second kappa shape index (κ2) is 3.32. The Morgan fingerprint density at radius 1 is 1.42 bits per heavy atom. The number of halogens is 1. The molecule has 0 saturated heterocycles. The van der Waals surface area contributed by atoms with Gasteiger partial charge in [0.2, 0.25) is 0 Å². The number of benzene rings is 1. The van der Waals surface area contributed by atoms with Crippen LogP contribution in [-0.4, -0.2) is 0 Å². The summed E-state index contributed by atoms with van der Waals surface area (Å²) in [6.45, 7) is 8.03. The zero-order valence-corrected chi connectivity index (χ0v) is 8.23. The van der Waals surface area contributed by atoms with Gasteiger partial charge in [0.1, 0.15) is 0 Å². The molecule has 12 heavy (non-hydrogen) atoms. The smallest absolute Gasteiger partial charge is 0.0409 e. The Kier molecular flexibility index (Phi) is 2.58. The second-order valence-electron chi connectivity index (χ2n) is 3.44. The fourth-order valence-electron chi connectivity index (χ4n) is 1.01. The van der Waals surface area contributed by atoms with Crippen LogP contribution in [0.25, 0.3) is 0 Å². The number of allylic oxidation sites excluding steroid dienone is 1. The molecule has 0 unspecified atom stereocenters. The zero-order valence-electron chi connectivity index (χ0n) is 7.47. The third kappa shape index (κ3) is 1.89. The summed E-state index contributed by atoms with van der Waals surface area (Å²) in [5, 5.41) is 0.780. The van der Waals surface area contributed by atoms with E-state index >= 15 is 0 Å². The van der Waals surface area contributed by atoms with Crippen molar-refractivity contribution in [2.24, 2.45) is 0 Å². The van der Waals surface area contributed by atoms with E-state index in [1.54, 1.807) is 0 Å². The van der Waals surface area contributed by atoms with Gasteiger partial charge in [0.15, 0.2) is 0 Å². The van der Waals surface area contributed by atoms with Crippen LogP contribution >= 0.6 is 11.6 Å². The highest BCUT2D eigenvalue weighted by atomic mass is 35.5. The molecule has 0 aliphatic rings. The molecule has 0 N–H and O–H groups in total. The first kappa shape index (κ1) is 9.34. The normalized spacial score (nSPS) is 11.2. The SMILES string of the molecule is C=CC(C)(C)c1cccc(Cl)c1. The molecule has 0 aliphatic carbocycles. The van der Waals surface area contributed by atoms with Crippen molar-refractivity contribution in [2.75, 3.05) is 0 Å². The van der Waals surface area contributed by atoms with Crippen molar-refractivity contribution < 1.29 is 0 Å². The van der Waals surface area contributed by atoms with Gasteiger partial charge in [0.05, 0.1) is 0 Å². The van der Waals surface area contributed by atoms with Gasteiger partial charge < -0.3 is 0 Å². The fourth-order valence-corrected chi connectivity index (χ4v) is 1.20. The number of hydrogen-bond donors (Lipinski definition) is 0. The molecule has 1 rings (SSSR count). The summed E-state index contributed by atoms with van der Waals surface area (Å²) in [7, 11) is 0. The van der Waals surface area contributed by atoms with Gasteiger partial charge in [-0.15, -0.1) is 6.58 Å². The van der Waals surface area contributed by atoms with Gasteiger partial charge >= 0.3 is 0 Å². The van der Waals surface area contributed by atoms with Crippen LogP contribution in [0.1, 0.15) is 19.4 Å². The van der Waals surface area contributed by atoms with Crippen LogP contribution in [0.3, 0.4) is 0 Å². The Morgan fingerprint density at radius 2 is 2.08 bits per heavy atom. The third-order valence-corrected chi connectivity index (χ3v) is 2.31. The summed E-state index contributed by atoms with van der Waals surface area (Å²) < 4.78 is 0. The summed E-state index contributed by atoms with van der Waals surface area (Å²) in [4.78, 5) is 0. The van der Waals surface area contributed by atoms with Crippen LogP contribution in [0.2, 0.25) is 5.02 Å². The van der Waals surface area contributed by atoms with Gasteiger partial charge in [0.25, 0.3) is 0 Å². The molecule has 0 radical (unpaired) electrons. The fraction of sp³-hybridized carbons (Fsp3) is 0.273. The first-order valence-corrected chi connectivity index (χ1v) is 4.34. The first-order valence-electron chi connectivity index (χ1n) is 3.96. The minimum Gasteiger partial charge on any atom is -0.102 e. The van der Waals surface area contributed by atoms with Crippen molar-refractivity contribution in [2.45, 2.75) is 19.3 Å². The highest BCUT2D eigenvalue weighted by Crippen LogP contribution is 2.25. The van der Waals surface area contributed by atoms with E-state index in [9.17, 15) is 0 Å². The Labute approximate surface area is 78.9 Å². The van der Waals surface area contributed by atoms with E-state index in [1.165, 1.54) is 5.56 Å². The largest absolute Gasteiger partial charge is 0.102 e. The van der Waals surface area contributed by atoms with E-state index in [2.05, 4.69) is 26.5 Å². The van der Waals surface area contributed by atoms with Crippen LogP contribution < -0.4 is 0 Å². The molecule has 0 atom stereocenters. The molecular weight excluding hydrogens is 168 g/mol. The number of rotatable bonds is 2. The monoisotopic (exact) mass is 180 g/mol. The molecule has 0 saturated carbocycles. The van der Waals surface area contributed by atoms with E-state index in [0.29, 0.717) is 0 Å². The Balaban J connectivity index is 3.11. The van der Waals surface area contributed by atoms with E-state index in [0.717, 1.165) is 5.02 Å². The van der Waals surface area contributed by atoms with Crippen LogP contribution in [0, 0.1) is 0 Å². The van der Waals surface area contributed by atoms with E-state index in [-0.39, 0.29) is 5.41 Å².